The van der Waals surface area contributed by atoms with Crippen LogP contribution in [0, 0.1) is 11.3 Å². The largest absolute Gasteiger partial charge is 0.490 e. The van der Waals surface area contributed by atoms with E-state index in [1.165, 1.54) is 17.5 Å². The predicted molar refractivity (Wildman–Crippen MR) is 122 cm³/mol. The van der Waals surface area contributed by atoms with Crippen molar-refractivity contribution in [2.75, 3.05) is 13.2 Å². The van der Waals surface area contributed by atoms with E-state index in [1.54, 1.807) is 12.2 Å². The minimum Gasteiger partial charge on any atom is -0.490 e. The lowest BCUT2D eigenvalue weighted by atomic mass is 9.55. The van der Waals surface area contributed by atoms with Crippen molar-refractivity contribution < 1.29 is 9.47 Å². The average molecular weight is 391 g/mol. The molecule has 0 N–H and O–H groups in total. The van der Waals surface area contributed by atoms with Gasteiger partial charge < -0.3 is 9.47 Å². The zero-order valence-electron chi connectivity index (χ0n) is 18.1. The van der Waals surface area contributed by atoms with E-state index in [0.29, 0.717) is 19.1 Å². The van der Waals surface area contributed by atoms with Crippen LogP contribution in [-0.4, -0.2) is 13.2 Å². The van der Waals surface area contributed by atoms with Gasteiger partial charge >= 0.3 is 0 Å². The Labute approximate surface area is 176 Å². The first-order valence-electron chi connectivity index (χ1n) is 10.6. The maximum absolute atomic E-state index is 5.71. The normalized spacial score (nSPS) is 19.9. The van der Waals surface area contributed by atoms with E-state index in [4.69, 9.17) is 9.47 Å². The van der Waals surface area contributed by atoms with E-state index in [-0.39, 0.29) is 10.8 Å². The van der Waals surface area contributed by atoms with Crippen molar-refractivity contribution in [3.8, 4) is 11.5 Å². The van der Waals surface area contributed by atoms with Crippen LogP contribution >= 0.6 is 0 Å². The molecule has 0 radical (unpaired) electrons. The van der Waals surface area contributed by atoms with E-state index in [2.05, 4.69) is 82.5 Å². The topological polar surface area (TPSA) is 18.5 Å². The van der Waals surface area contributed by atoms with Gasteiger partial charge in [0.15, 0.2) is 0 Å². The summed E-state index contributed by atoms with van der Waals surface area (Å²) in [7, 11) is 0. The molecule has 29 heavy (non-hydrogen) atoms. The van der Waals surface area contributed by atoms with Crippen molar-refractivity contribution in [3.05, 3.63) is 85.0 Å². The average Bonchev–Trinajstić information content (AvgIpc) is 2.70. The van der Waals surface area contributed by atoms with E-state index >= 15 is 0 Å². The number of rotatable bonds is 8. The second-order valence-electron chi connectivity index (χ2n) is 9.18. The molecular weight excluding hydrogens is 356 g/mol. The highest BCUT2D eigenvalue weighted by Gasteiger charge is 2.45. The highest BCUT2D eigenvalue weighted by atomic mass is 16.5. The number of benzene rings is 2. The third-order valence-corrected chi connectivity index (χ3v) is 5.93. The third kappa shape index (κ3) is 4.93. The van der Waals surface area contributed by atoms with Crippen LogP contribution in [0.3, 0.4) is 0 Å². The molecule has 0 bridgehead atoms. The molecule has 1 saturated carbocycles. The lowest BCUT2D eigenvalue weighted by Gasteiger charge is -2.48. The fourth-order valence-electron chi connectivity index (χ4n) is 5.23. The first kappa shape index (κ1) is 21.2. The second-order valence-corrected chi connectivity index (χ2v) is 9.18. The van der Waals surface area contributed by atoms with Crippen LogP contribution in [-0.2, 0) is 5.41 Å². The van der Waals surface area contributed by atoms with Crippen LogP contribution in [0.15, 0.2) is 73.8 Å². The third-order valence-electron chi connectivity index (χ3n) is 5.93. The van der Waals surface area contributed by atoms with Gasteiger partial charge in [-0.3, -0.25) is 0 Å². The number of hydrogen-bond donors (Lipinski definition) is 0. The summed E-state index contributed by atoms with van der Waals surface area (Å²) in [6, 6.07) is 17.3. The molecule has 2 aromatic rings. The van der Waals surface area contributed by atoms with Crippen molar-refractivity contribution in [2.24, 2.45) is 11.3 Å². The molecule has 1 aliphatic carbocycles. The van der Waals surface area contributed by atoms with Crippen LogP contribution in [0.1, 0.15) is 51.2 Å². The fourth-order valence-corrected chi connectivity index (χ4v) is 5.23. The Morgan fingerprint density at radius 3 is 1.66 bits per heavy atom. The molecule has 1 aliphatic rings. The number of hydrogen-bond acceptors (Lipinski definition) is 2. The van der Waals surface area contributed by atoms with Crippen molar-refractivity contribution >= 4 is 0 Å². The van der Waals surface area contributed by atoms with Crippen LogP contribution in [0.25, 0.3) is 0 Å². The Kier molecular flexibility index (Phi) is 6.52. The molecule has 0 heterocycles. The van der Waals surface area contributed by atoms with Crippen molar-refractivity contribution in [2.45, 2.75) is 45.4 Å². The van der Waals surface area contributed by atoms with Gasteiger partial charge in [0.1, 0.15) is 24.7 Å². The van der Waals surface area contributed by atoms with Gasteiger partial charge in [0, 0.05) is 5.41 Å². The quantitative estimate of drug-likeness (QED) is 0.454. The van der Waals surface area contributed by atoms with Crippen molar-refractivity contribution in [1.29, 1.82) is 0 Å². The fraction of sp³-hybridized carbons (Fsp3) is 0.407. The molecule has 1 unspecified atom stereocenters. The molecule has 0 saturated heterocycles. The summed E-state index contributed by atoms with van der Waals surface area (Å²) in [6.45, 7) is 15.7. The maximum atomic E-state index is 5.71. The SMILES string of the molecule is C=CCOc1ccc(C2(c3ccc(OCC=C)cc3)CC(C)CC(C)(C)C2)cc1. The van der Waals surface area contributed by atoms with Gasteiger partial charge in [-0.25, -0.2) is 0 Å². The van der Waals surface area contributed by atoms with E-state index in [0.717, 1.165) is 24.3 Å². The Morgan fingerprint density at radius 1 is 0.828 bits per heavy atom. The smallest absolute Gasteiger partial charge is 0.119 e. The summed E-state index contributed by atoms with van der Waals surface area (Å²) >= 11 is 0. The molecule has 2 aromatic carbocycles. The number of ether oxygens (including phenoxy) is 2. The molecule has 0 aromatic heterocycles. The minimum absolute atomic E-state index is 0.00486. The molecular formula is C27H34O2. The van der Waals surface area contributed by atoms with E-state index in [9.17, 15) is 0 Å². The molecule has 2 nitrogen and oxygen atoms in total. The van der Waals surface area contributed by atoms with Gasteiger partial charge in [-0.2, -0.15) is 0 Å². The monoisotopic (exact) mass is 390 g/mol. The van der Waals surface area contributed by atoms with E-state index in [1.807, 2.05) is 0 Å². The Morgan fingerprint density at radius 2 is 1.28 bits per heavy atom. The molecule has 1 fully saturated rings. The van der Waals surface area contributed by atoms with Gasteiger partial charge in [0.2, 0.25) is 0 Å². The summed E-state index contributed by atoms with van der Waals surface area (Å²) in [5.41, 5.74) is 3.01. The van der Waals surface area contributed by atoms with Crippen LogP contribution < -0.4 is 9.47 Å². The Balaban J connectivity index is 2.00. The van der Waals surface area contributed by atoms with Gasteiger partial charge in [-0.05, 0) is 66.0 Å². The summed E-state index contributed by atoms with van der Waals surface area (Å²) in [4.78, 5) is 0. The summed E-state index contributed by atoms with van der Waals surface area (Å²) < 4.78 is 11.4. The molecule has 0 spiro atoms. The Bertz CT molecular complexity index is 759. The Hall–Kier alpha value is -2.48. The molecule has 0 amide bonds. The standard InChI is InChI=1S/C27H34O2/c1-6-16-28-24-12-8-22(9-13-24)27(19-21(3)18-26(4,5)20-27)23-10-14-25(15-11-23)29-17-7-2/h6-15,21H,1-2,16-20H2,3-5H3. The van der Waals surface area contributed by atoms with Gasteiger partial charge in [-0.1, -0.05) is 70.3 Å². The highest BCUT2D eigenvalue weighted by molar-refractivity contribution is 5.44. The van der Waals surface area contributed by atoms with Gasteiger partial charge in [0.05, 0.1) is 0 Å². The zero-order valence-corrected chi connectivity index (χ0v) is 18.1. The molecule has 1 atom stereocenters. The summed E-state index contributed by atoms with van der Waals surface area (Å²) in [5, 5.41) is 0. The first-order valence-corrected chi connectivity index (χ1v) is 10.6. The first-order chi connectivity index (χ1) is 13.9. The van der Waals surface area contributed by atoms with Crippen LogP contribution in [0.4, 0.5) is 0 Å². The predicted octanol–water partition coefficient (Wildman–Crippen LogP) is 6.95. The second kappa shape index (κ2) is 8.90. The van der Waals surface area contributed by atoms with Crippen LogP contribution in [0.2, 0.25) is 0 Å². The highest BCUT2D eigenvalue weighted by Crippen LogP contribution is 2.53. The lowest BCUT2D eigenvalue weighted by Crippen LogP contribution is -2.41. The van der Waals surface area contributed by atoms with Gasteiger partial charge in [-0.15, -0.1) is 0 Å². The van der Waals surface area contributed by atoms with Crippen molar-refractivity contribution in [1.82, 2.24) is 0 Å². The molecule has 154 valence electrons. The summed E-state index contributed by atoms with van der Waals surface area (Å²) in [5.74, 6) is 2.44. The van der Waals surface area contributed by atoms with E-state index < -0.39 is 0 Å². The van der Waals surface area contributed by atoms with Crippen molar-refractivity contribution in [3.63, 3.8) is 0 Å². The van der Waals surface area contributed by atoms with Crippen LogP contribution in [0.5, 0.6) is 11.5 Å². The minimum atomic E-state index is -0.00486. The maximum Gasteiger partial charge on any atom is 0.119 e. The summed E-state index contributed by atoms with van der Waals surface area (Å²) in [6.07, 6.45) is 7.09. The molecule has 0 aliphatic heterocycles. The molecule has 2 heteroatoms. The molecule has 3 rings (SSSR count). The van der Waals surface area contributed by atoms with Gasteiger partial charge in [0.25, 0.3) is 0 Å². The zero-order chi connectivity index (χ0) is 20.9. The lowest BCUT2D eigenvalue weighted by molar-refractivity contribution is 0.127.